The van der Waals surface area contributed by atoms with Gasteiger partial charge in [0.2, 0.25) is 0 Å². The number of anilines is 1. The third-order valence-electron chi connectivity index (χ3n) is 2.37. The number of hydrogen-bond donors (Lipinski definition) is 2. The molecule has 0 aliphatic heterocycles. The molecule has 98 valence electrons. The van der Waals surface area contributed by atoms with Crippen LogP contribution in [0.15, 0.2) is 34.9 Å². The van der Waals surface area contributed by atoms with Crippen molar-refractivity contribution in [3.8, 4) is 0 Å². The van der Waals surface area contributed by atoms with Crippen molar-refractivity contribution in [2.45, 2.75) is 6.92 Å². The largest absolute Gasteiger partial charge is 0.478 e. The van der Waals surface area contributed by atoms with Crippen LogP contribution >= 0.6 is 0 Å². The zero-order valence-corrected chi connectivity index (χ0v) is 9.94. The summed E-state index contributed by atoms with van der Waals surface area (Å²) >= 11 is 0. The molecule has 6 heteroatoms. The number of aromatic carboxylic acids is 1. The zero-order chi connectivity index (χ0) is 14.0. The minimum absolute atomic E-state index is 0.124. The number of rotatable bonds is 3. The molecular weight excluding hydrogens is 253 g/mol. The average molecular weight is 263 g/mol. The number of halogens is 1. The molecular formula is C13H10FNO4. The van der Waals surface area contributed by atoms with E-state index in [0.29, 0.717) is 5.56 Å². The molecule has 19 heavy (non-hydrogen) atoms. The van der Waals surface area contributed by atoms with Crippen molar-refractivity contribution in [3.05, 3.63) is 53.2 Å². The molecule has 0 fully saturated rings. The molecule has 2 rings (SSSR count). The second-order valence-electron chi connectivity index (χ2n) is 3.98. The Bertz CT molecular complexity index is 628. The van der Waals surface area contributed by atoms with Gasteiger partial charge in [0.25, 0.3) is 5.91 Å². The van der Waals surface area contributed by atoms with E-state index in [0.717, 1.165) is 18.4 Å². The van der Waals surface area contributed by atoms with Crippen molar-refractivity contribution in [1.82, 2.24) is 0 Å². The maximum atomic E-state index is 13.1. The molecule has 0 atom stereocenters. The summed E-state index contributed by atoms with van der Waals surface area (Å²) in [4.78, 5) is 22.4. The lowest BCUT2D eigenvalue weighted by Crippen LogP contribution is -2.11. The van der Waals surface area contributed by atoms with Gasteiger partial charge in [-0.05, 0) is 30.7 Å². The van der Waals surface area contributed by atoms with Gasteiger partial charge in [-0.25, -0.2) is 9.18 Å². The quantitative estimate of drug-likeness (QED) is 0.892. The summed E-state index contributed by atoms with van der Waals surface area (Å²) in [6.45, 7) is 1.69. The highest BCUT2D eigenvalue weighted by Crippen LogP contribution is 2.15. The number of carboxylic acids is 1. The maximum Gasteiger partial charge on any atom is 0.338 e. The molecule has 1 heterocycles. The molecule has 2 N–H and O–H groups in total. The normalized spacial score (nSPS) is 10.2. The van der Waals surface area contributed by atoms with Gasteiger partial charge < -0.3 is 14.8 Å². The maximum absolute atomic E-state index is 13.1. The first-order chi connectivity index (χ1) is 8.95. The van der Waals surface area contributed by atoms with E-state index >= 15 is 0 Å². The van der Waals surface area contributed by atoms with Gasteiger partial charge in [-0.1, -0.05) is 0 Å². The lowest BCUT2D eigenvalue weighted by atomic mass is 10.2. The zero-order valence-electron chi connectivity index (χ0n) is 9.94. The Balaban J connectivity index is 2.18. The van der Waals surface area contributed by atoms with Crippen LogP contribution in [-0.2, 0) is 0 Å². The van der Waals surface area contributed by atoms with Crippen LogP contribution in [0.3, 0.4) is 0 Å². The highest BCUT2D eigenvalue weighted by Gasteiger charge is 2.15. The molecule has 0 aliphatic carbocycles. The average Bonchev–Trinajstić information content (AvgIpc) is 2.76. The number of nitrogens with one attached hydrogen (secondary N) is 1. The molecule has 0 unspecified atom stereocenters. The summed E-state index contributed by atoms with van der Waals surface area (Å²) in [6.07, 6.45) is 0.966. The standard InChI is InChI=1S/C13H10FNO4/c1-7-2-9(14)5-10(3-7)15-12(16)11-4-8(6-19-11)13(17)18/h2-6H,1H3,(H,15,16)(H,17,18). The van der Waals surface area contributed by atoms with Crippen molar-refractivity contribution < 1.29 is 23.5 Å². The summed E-state index contributed by atoms with van der Waals surface area (Å²) in [5, 5.41) is 11.1. The molecule has 0 saturated heterocycles. The van der Waals surface area contributed by atoms with Crippen LogP contribution in [0.5, 0.6) is 0 Å². The monoisotopic (exact) mass is 263 g/mol. The Labute approximate surface area is 107 Å². The molecule has 1 aromatic heterocycles. The Morgan fingerprint density at radius 1 is 1.26 bits per heavy atom. The van der Waals surface area contributed by atoms with Crippen LogP contribution < -0.4 is 5.32 Å². The second-order valence-corrected chi connectivity index (χ2v) is 3.98. The number of furan rings is 1. The fraction of sp³-hybridized carbons (Fsp3) is 0.0769. The van der Waals surface area contributed by atoms with Gasteiger partial charge in [0.15, 0.2) is 5.76 Å². The number of aryl methyl sites for hydroxylation is 1. The van der Waals surface area contributed by atoms with Crippen molar-refractivity contribution >= 4 is 17.6 Å². The van der Waals surface area contributed by atoms with Crippen molar-refractivity contribution in [2.24, 2.45) is 0 Å². The van der Waals surface area contributed by atoms with E-state index in [1.54, 1.807) is 13.0 Å². The second kappa shape index (κ2) is 4.93. The predicted octanol–water partition coefficient (Wildman–Crippen LogP) is 2.68. The number of carbonyl (C=O) groups is 2. The molecule has 0 aliphatic rings. The number of amides is 1. The fourth-order valence-electron chi connectivity index (χ4n) is 1.57. The summed E-state index contributed by atoms with van der Waals surface area (Å²) in [6, 6.07) is 5.17. The highest BCUT2D eigenvalue weighted by molar-refractivity contribution is 6.03. The summed E-state index contributed by atoms with van der Waals surface area (Å²) < 4.78 is 18.0. The van der Waals surface area contributed by atoms with E-state index in [4.69, 9.17) is 9.52 Å². The molecule has 2 aromatic rings. The lowest BCUT2D eigenvalue weighted by Gasteiger charge is -2.04. The van der Waals surface area contributed by atoms with Gasteiger partial charge in [0.1, 0.15) is 12.1 Å². The topological polar surface area (TPSA) is 79.5 Å². The van der Waals surface area contributed by atoms with Crippen LogP contribution in [-0.4, -0.2) is 17.0 Å². The minimum Gasteiger partial charge on any atom is -0.478 e. The Morgan fingerprint density at radius 3 is 2.58 bits per heavy atom. The highest BCUT2D eigenvalue weighted by atomic mass is 19.1. The number of carbonyl (C=O) groups excluding carboxylic acids is 1. The summed E-state index contributed by atoms with van der Waals surface area (Å²) in [5.74, 6) is -2.46. The van der Waals surface area contributed by atoms with Crippen LogP contribution in [0.4, 0.5) is 10.1 Å². The Kier molecular flexibility index (Phi) is 3.33. The van der Waals surface area contributed by atoms with E-state index in [9.17, 15) is 14.0 Å². The van der Waals surface area contributed by atoms with Crippen LogP contribution in [0, 0.1) is 12.7 Å². The van der Waals surface area contributed by atoms with E-state index in [2.05, 4.69) is 5.32 Å². The molecule has 0 bridgehead atoms. The van der Waals surface area contributed by atoms with Gasteiger partial charge in [-0.3, -0.25) is 4.79 Å². The molecule has 0 spiro atoms. The first-order valence-electron chi connectivity index (χ1n) is 5.36. The Hall–Kier alpha value is -2.63. The van der Waals surface area contributed by atoms with Crippen LogP contribution in [0.25, 0.3) is 0 Å². The first-order valence-corrected chi connectivity index (χ1v) is 5.36. The number of benzene rings is 1. The third kappa shape index (κ3) is 2.98. The predicted molar refractivity (Wildman–Crippen MR) is 64.8 cm³/mol. The van der Waals surface area contributed by atoms with Crippen molar-refractivity contribution in [1.29, 1.82) is 0 Å². The molecule has 0 radical (unpaired) electrons. The number of carboxylic acid groups (broad SMARTS) is 1. The van der Waals surface area contributed by atoms with Crippen LogP contribution in [0.1, 0.15) is 26.5 Å². The van der Waals surface area contributed by atoms with E-state index in [1.165, 1.54) is 6.07 Å². The Morgan fingerprint density at radius 2 is 2.00 bits per heavy atom. The molecule has 1 aromatic carbocycles. The van der Waals surface area contributed by atoms with Gasteiger partial charge in [-0.2, -0.15) is 0 Å². The van der Waals surface area contributed by atoms with Crippen molar-refractivity contribution in [2.75, 3.05) is 5.32 Å². The fourth-order valence-corrected chi connectivity index (χ4v) is 1.57. The smallest absolute Gasteiger partial charge is 0.338 e. The van der Waals surface area contributed by atoms with E-state index in [1.807, 2.05) is 0 Å². The molecule has 1 amide bonds. The molecule has 0 saturated carbocycles. The van der Waals surface area contributed by atoms with Gasteiger partial charge >= 0.3 is 5.97 Å². The summed E-state index contributed by atoms with van der Waals surface area (Å²) in [5.41, 5.74) is 0.803. The lowest BCUT2D eigenvalue weighted by molar-refractivity contribution is 0.0696. The third-order valence-corrected chi connectivity index (χ3v) is 2.37. The SMILES string of the molecule is Cc1cc(F)cc(NC(=O)c2cc(C(=O)O)co2)c1. The van der Waals surface area contributed by atoms with Gasteiger partial charge in [0, 0.05) is 11.8 Å². The first kappa shape index (κ1) is 12.8. The van der Waals surface area contributed by atoms with E-state index in [-0.39, 0.29) is 17.0 Å². The molecule has 5 nitrogen and oxygen atoms in total. The van der Waals surface area contributed by atoms with Crippen molar-refractivity contribution in [3.63, 3.8) is 0 Å². The summed E-state index contributed by atoms with van der Waals surface area (Å²) in [7, 11) is 0. The van der Waals surface area contributed by atoms with Gasteiger partial charge in [0.05, 0.1) is 5.56 Å². The number of hydrogen-bond acceptors (Lipinski definition) is 3. The van der Waals surface area contributed by atoms with Gasteiger partial charge in [-0.15, -0.1) is 0 Å². The van der Waals surface area contributed by atoms with E-state index < -0.39 is 17.7 Å². The van der Waals surface area contributed by atoms with Crippen LogP contribution in [0.2, 0.25) is 0 Å². The minimum atomic E-state index is -1.19.